The van der Waals surface area contributed by atoms with Gasteiger partial charge < -0.3 is 10.2 Å². The van der Waals surface area contributed by atoms with Crippen molar-refractivity contribution in [2.75, 3.05) is 18.0 Å². The van der Waals surface area contributed by atoms with Gasteiger partial charge in [0.2, 0.25) is 0 Å². The molecule has 1 aromatic heterocycles. The van der Waals surface area contributed by atoms with E-state index in [1.807, 2.05) is 5.51 Å². The summed E-state index contributed by atoms with van der Waals surface area (Å²) in [5.74, 6) is 0.669. The summed E-state index contributed by atoms with van der Waals surface area (Å²) in [7, 11) is 0. The SMILES string of the molecule is CCC1CNC(C(C)C)CN1c1ccc2ncsc2c1. The van der Waals surface area contributed by atoms with Gasteiger partial charge in [0, 0.05) is 30.9 Å². The zero-order chi connectivity index (χ0) is 14.1. The molecule has 0 spiro atoms. The Morgan fingerprint density at radius 3 is 3.05 bits per heavy atom. The number of piperazine rings is 1. The van der Waals surface area contributed by atoms with E-state index < -0.39 is 0 Å². The monoisotopic (exact) mass is 289 g/mol. The lowest BCUT2D eigenvalue weighted by atomic mass is 9.98. The molecule has 2 aromatic rings. The zero-order valence-corrected chi connectivity index (χ0v) is 13.3. The van der Waals surface area contributed by atoms with Gasteiger partial charge in [0.25, 0.3) is 0 Å². The molecular formula is C16H23N3S. The number of nitrogens with one attached hydrogen (secondary N) is 1. The van der Waals surface area contributed by atoms with Crippen LogP contribution in [0.3, 0.4) is 0 Å². The Kier molecular flexibility index (Phi) is 3.94. The molecule has 1 aliphatic rings. The molecule has 4 heteroatoms. The highest BCUT2D eigenvalue weighted by Crippen LogP contribution is 2.28. The van der Waals surface area contributed by atoms with Crippen LogP contribution in [0.2, 0.25) is 0 Å². The lowest BCUT2D eigenvalue weighted by Gasteiger charge is -2.43. The average Bonchev–Trinajstić information content (AvgIpc) is 2.93. The Morgan fingerprint density at radius 1 is 1.45 bits per heavy atom. The summed E-state index contributed by atoms with van der Waals surface area (Å²) in [6.45, 7) is 9.06. The number of aromatic nitrogens is 1. The topological polar surface area (TPSA) is 28.2 Å². The maximum atomic E-state index is 4.37. The van der Waals surface area contributed by atoms with E-state index in [0.717, 1.165) is 18.6 Å². The van der Waals surface area contributed by atoms with Gasteiger partial charge in [0.15, 0.2) is 0 Å². The molecule has 20 heavy (non-hydrogen) atoms. The van der Waals surface area contributed by atoms with Gasteiger partial charge in [0.05, 0.1) is 15.7 Å². The molecule has 1 N–H and O–H groups in total. The normalized spacial score (nSPS) is 23.7. The summed E-state index contributed by atoms with van der Waals surface area (Å²) in [5, 5.41) is 3.70. The fourth-order valence-electron chi connectivity index (χ4n) is 2.97. The van der Waals surface area contributed by atoms with Crippen LogP contribution >= 0.6 is 11.3 Å². The molecule has 0 radical (unpaired) electrons. The Balaban J connectivity index is 1.90. The van der Waals surface area contributed by atoms with Gasteiger partial charge in [0.1, 0.15) is 0 Å². The molecule has 2 unspecified atom stereocenters. The van der Waals surface area contributed by atoms with E-state index in [2.05, 4.69) is 54.2 Å². The Morgan fingerprint density at radius 2 is 2.30 bits per heavy atom. The first-order valence-electron chi connectivity index (χ1n) is 7.52. The van der Waals surface area contributed by atoms with Crippen LogP contribution in [0.5, 0.6) is 0 Å². The van der Waals surface area contributed by atoms with Gasteiger partial charge in [-0.2, -0.15) is 0 Å². The number of thiazole rings is 1. The van der Waals surface area contributed by atoms with Crippen molar-refractivity contribution >= 4 is 27.2 Å². The molecule has 1 aromatic carbocycles. The van der Waals surface area contributed by atoms with Crippen molar-refractivity contribution < 1.29 is 0 Å². The lowest BCUT2D eigenvalue weighted by Crippen LogP contribution is -2.58. The molecule has 0 saturated carbocycles. The van der Waals surface area contributed by atoms with Gasteiger partial charge in [-0.05, 0) is 30.5 Å². The third-order valence-electron chi connectivity index (χ3n) is 4.37. The van der Waals surface area contributed by atoms with Crippen molar-refractivity contribution in [2.24, 2.45) is 5.92 Å². The number of anilines is 1. The number of hydrogen-bond donors (Lipinski definition) is 1. The second kappa shape index (κ2) is 5.70. The summed E-state index contributed by atoms with van der Waals surface area (Å²) in [6.07, 6.45) is 1.18. The molecule has 2 heterocycles. The number of hydrogen-bond acceptors (Lipinski definition) is 4. The maximum absolute atomic E-state index is 4.37. The molecule has 3 rings (SSSR count). The third kappa shape index (κ3) is 2.54. The highest BCUT2D eigenvalue weighted by Gasteiger charge is 2.28. The first kappa shape index (κ1) is 13.8. The van der Waals surface area contributed by atoms with Gasteiger partial charge in [-0.1, -0.05) is 20.8 Å². The van der Waals surface area contributed by atoms with Crippen LogP contribution in [0, 0.1) is 5.92 Å². The molecule has 2 atom stereocenters. The molecule has 0 amide bonds. The molecule has 108 valence electrons. The Labute approximate surface area is 125 Å². The molecule has 0 bridgehead atoms. The third-order valence-corrected chi connectivity index (χ3v) is 5.16. The van der Waals surface area contributed by atoms with E-state index in [4.69, 9.17) is 0 Å². The van der Waals surface area contributed by atoms with Gasteiger partial charge in [-0.3, -0.25) is 0 Å². The lowest BCUT2D eigenvalue weighted by molar-refractivity contribution is 0.325. The largest absolute Gasteiger partial charge is 0.366 e. The Bertz CT molecular complexity index is 578. The van der Waals surface area contributed by atoms with Crippen molar-refractivity contribution in [2.45, 2.75) is 39.3 Å². The van der Waals surface area contributed by atoms with Crippen molar-refractivity contribution in [3.8, 4) is 0 Å². The van der Waals surface area contributed by atoms with Crippen molar-refractivity contribution in [1.82, 2.24) is 10.3 Å². The van der Waals surface area contributed by atoms with E-state index in [9.17, 15) is 0 Å². The number of benzene rings is 1. The molecule has 1 fully saturated rings. The van der Waals surface area contributed by atoms with Gasteiger partial charge >= 0.3 is 0 Å². The minimum atomic E-state index is 0.579. The van der Waals surface area contributed by atoms with Crippen LogP contribution in [0.4, 0.5) is 5.69 Å². The van der Waals surface area contributed by atoms with Crippen LogP contribution < -0.4 is 10.2 Å². The molecule has 1 aliphatic heterocycles. The van der Waals surface area contributed by atoms with Crippen LogP contribution in [0.15, 0.2) is 23.7 Å². The number of nitrogens with zero attached hydrogens (tertiary/aromatic N) is 2. The quantitative estimate of drug-likeness (QED) is 0.937. The standard InChI is InChI=1S/C16H23N3S/c1-4-12-8-17-15(11(2)3)9-19(12)13-5-6-14-16(7-13)20-10-18-14/h5-7,10-12,15,17H,4,8-9H2,1-3H3. The van der Waals surface area contributed by atoms with Crippen LogP contribution in [-0.4, -0.2) is 30.2 Å². The van der Waals surface area contributed by atoms with Gasteiger partial charge in [-0.25, -0.2) is 4.98 Å². The van der Waals surface area contributed by atoms with E-state index in [1.165, 1.54) is 16.8 Å². The summed E-state index contributed by atoms with van der Waals surface area (Å²) in [5.41, 5.74) is 4.39. The molecule has 3 nitrogen and oxygen atoms in total. The molecular weight excluding hydrogens is 266 g/mol. The summed E-state index contributed by atoms with van der Waals surface area (Å²) >= 11 is 1.73. The van der Waals surface area contributed by atoms with Crippen LogP contribution in [0.1, 0.15) is 27.2 Å². The fourth-order valence-corrected chi connectivity index (χ4v) is 3.68. The number of rotatable bonds is 3. The summed E-state index contributed by atoms with van der Waals surface area (Å²) in [4.78, 5) is 6.96. The first-order chi connectivity index (χ1) is 9.69. The molecule has 0 aliphatic carbocycles. The van der Waals surface area contributed by atoms with E-state index in [-0.39, 0.29) is 0 Å². The highest BCUT2D eigenvalue weighted by atomic mass is 32.1. The summed E-state index contributed by atoms with van der Waals surface area (Å²) in [6, 6.07) is 7.86. The van der Waals surface area contributed by atoms with Crippen molar-refractivity contribution in [1.29, 1.82) is 0 Å². The predicted molar refractivity (Wildman–Crippen MR) is 87.7 cm³/mol. The van der Waals surface area contributed by atoms with Gasteiger partial charge in [-0.15, -0.1) is 11.3 Å². The average molecular weight is 289 g/mol. The Hall–Kier alpha value is -1.13. The fraction of sp³-hybridized carbons (Fsp3) is 0.562. The minimum absolute atomic E-state index is 0.579. The van der Waals surface area contributed by atoms with Crippen molar-refractivity contribution in [3.05, 3.63) is 23.7 Å². The minimum Gasteiger partial charge on any atom is -0.366 e. The second-order valence-electron chi connectivity index (χ2n) is 5.98. The van der Waals surface area contributed by atoms with Crippen LogP contribution in [-0.2, 0) is 0 Å². The predicted octanol–water partition coefficient (Wildman–Crippen LogP) is 3.51. The van der Waals surface area contributed by atoms with Crippen LogP contribution in [0.25, 0.3) is 10.2 Å². The second-order valence-corrected chi connectivity index (χ2v) is 6.86. The smallest absolute Gasteiger partial charge is 0.0813 e. The van der Waals surface area contributed by atoms with Crippen molar-refractivity contribution in [3.63, 3.8) is 0 Å². The maximum Gasteiger partial charge on any atom is 0.0813 e. The van der Waals surface area contributed by atoms with E-state index >= 15 is 0 Å². The zero-order valence-electron chi connectivity index (χ0n) is 12.5. The molecule has 1 saturated heterocycles. The van der Waals surface area contributed by atoms with E-state index in [0.29, 0.717) is 18.0 Å². The summed E-state index contributed by atoms with van der Waals surface area (Å²) < 4.78 is 1.29. The van der Waals surface area contributed by atoms with E-state index in [1.54, 1.807) is 11.3 Å². The number of fused-ring (bicyclic) bond motifs is 1. The first-order valence-corrected chi connectivity index (χ1v) is 8.40. The highest BCUT2D eigenvalue weighted by molar-refractivity contribution is 7.16.